The van der Waals surface area contributed by atoms with Crippen LogP contribution in [0.3, 0.4) is 0 Å². The van der Waals surface area contributed by atoms with Crippen molar-refractivity contribution in [1.29, 1.82) is 0 Å². The quantitative estimate of drug-likeness (QED) is 0.383. The molecule has 30 heavy (non-hydrogen) atoms. The maximum absolute atomic E-state index is 12.7. The van der Waals surface area contributed by atoms with Crippen molar-refractivity contribution in [3.05, 3.63) is 90.7 Å². The Hall–Kier alpha value is -3.97. The van der Waals surface area contributed by atoms with Crippen molar-refractivity contribution in [3.8, 4) is 32.5 Å². The summed E-state index contributed by atoms with van der Waals surface area (Å²) in [7, 11) is 0. The largest absolute Gasteiger partial charge is 0.459 e. The lowest BCUT2D eigenvalue weighted by atomic mass is 10.1. The van der Waals surface area contributed by atoms with Crippen LogP contribution in [0.15, 0.2) is 94.0 Å². The number of aromatic nitrogens is 2. The zero-order valence-electron chi connectivity index (χ0n) is 15.6. The molecular formula is C23H15N3O3S. The van der Waals surface area contributed by atoms with Crippen LogP contribution in [0, 0.1) is 0 Å². The third-order valence-electron chi connectivity index (χ3n) is 4.45. The van der Waals surface area contributed by atoms with Gasteiger partial charge in [0.15, 0.2) is 5.76 Å². The number of nitrogens with one attached hydrogen (secondary N) is 1. The van der Waals surface area contributed by atoms with Gasteiger partial charge in [-0.3, -0.25) is 10.1 Å². The predicted molar refractivity (Wildman–Crippen MR) is 115 cm³/mol. The van der Waals surface area contributed by atoms with Gasteiger partial charge in [-0.25, -0.2) is 0 Å². The van der Waals surface area contributed by atoms with Gasteiger partial charge in [0, 0.05) is 15.3 Å². The van der Waals surface area contributed by atoms with Crippen LogP contribution in [-0.2, 0) is 0 Å². The second kappa shape index (κ2) is 7.81. The Morgan fingerprint density at radius 2 is 1.63 bits per heavy atom. The molecule has 0 aliphatic rings. The number of benzene rings is 2. The molecule has 6 nitrogen and oxygen atoms in total. The maximum Gasteiger partial charge on any atom is 0.322 e. The highest BCUT2D eigenvalue weighted by molar-refractivity contribution is 7.18. The molecule has 0 saturated heterocycles. The van der Waals surface area contributed by atoms with Gasteiger partial charge < -0.3 is 8.83 Å². The average Bonchev–Trinajstić information content (AvgIpc) is 3.56. The van der Waals surface area contributed by atoms with Gasteiger partial charge in [-0.2, -0.15) is 0 Å². The number of carbonyl (C=O) groups is 1. The Balaban J connectivity index is 1.35. The van der Waals surface area contributed by atoms with E-state index < -0.39 is 0 Å². The Kier molecular flexibility index (Phi) is 4.71. The fourth-order valence-electron chi connectivity index (χ4n) is 3.01. The average molecular weight is 413 g/mol. The van der Waals surface area contributed by atoms with E-state index in [9.17, 15) is 4.79 Å². The molecule has 0 aliphatic carbocycles. The van der Waals surface area contributed by atoms with E-state index in [1.807, 2.05) is 36.4 Å². The Morgan fingerprint density at radius 1 is 0.833 bits per heavy atom. The van der Waals surface area contributed by atoms with Crippen LogP contribution in [-0.4, -0.2) is 16.1 Å². The fourth-order valence-corrected chi connectivity index (χ4v) is 4.01. The van der Waals surface area contributed by atoms with Gasteiger partial charge in [0.25, 0.3) is 11.8 Å². The molecule has 0 unspecified atom stereocenters. The third-order valence-corrected chi connectivity index (χ3v) is 5.63. The molecule has 0 aliphatic heterocycles. The number of hydrogen-bond donors (Lipinski definition) is 1. The lowest BCUT2D eigenvalue weighted by molar-refractivity contribution is 0.102. The number of anilines is 1. The summed E-state index contributed by atoms with van der Waals surface area (Å²) in [6.45, 7) is 0. The molecule has 0 saturated carbocycles. The zero-order valence-corrected chi connectivity index (χ0v) is 16.4. The van der Waals surface area contributed by atoms with Gasteiger partial charge in [-0.1, -0.05) is 47.6 Å². The van der Waals surface area contributed by atoms with E-state index >= 15 is 0 Å². The van der Waals surface area contributed by atoms with Crippen molar-refractivity contribution in [3.63, 3.8) is 0 Å². The van der Waals surface area contributed by atoms with Crippen molar-refractivity contribution in [2.24, 2.45) is 0 Å². The smallest absolute Gasteiger partial charge is 0.322 e. The molecule has 7 heteroatoms. The zero-order chi connectivity index (χ0) is 20.3. The van der Waals surface area contributed by atoms with Gasteiger partial charge in [-0.15, -0.1) is 16.4 Å². The SMILES string of the molecule is O=C(Nc1nnc(-c2ccco2)o1)c1cccc(-c2ccc(-c3ccccc3)s2)c1. The molecule has 3 heterocycles. The number of nitrogens with zero attached hydrogens (tertiary/aromatic N) is 2. The normalized spacial score (nSPS) is 10.8. The number of thiophene rings is 1. The van der Waals surface area contributed by atoms with Crippen molar-refractivity contribution in [2.75, 3.05) is 5.32 Å². The van der Waals surface area contributed by atoms with Gasteiger partial charge in [-0.05, 0) is 47.5 Å². The Bertz CT molecular complexity index is 1290. The number of rotatable bonds is 5. The molecule has 1 N–H and O–H groups in total. The summed E-state index contributed by atoms with van der Waals surface area (Å²) >= 11 is 1.68. The molecule has 0 radical (unpaired) electrons. The van der Waals surface area contributed by atoms with E-state index in [1.165, 1.54) is 16.7 Å². The second-order valence-corrected chi connectivity index (χ2v) is 7.54. The lowest BCUT2D eigenvalue weighted by Gasteiger charge is -2.03. The summed E-state index contributed by atoms with van der Waals surface area (Å²) in [5.74, 6) is 0.319. The first-order valence-electron chi connectivity index (χ1n) is 9.21. The van der Waals surface area contributed by atoms with Crippen molar-refractivity contribution >= 4 is 23.3 Å². The van der Waals surface area contributed by atoms with Crippen LogP contribution in [0.2, 0.25) is 0 Å². The van der Waals surface area contributed by atoms with E-state index in [0.29, 0.717) is 11.3 Å². The number of carbonyl (C=O) groups excluding carboxylic acids is 1. The number of furan rings is 1. The minimum Gasteiger partial charge on any atom is -0.459 e. The second-order valence-electron chi connectivity index (χ2n) is 6.45. The Morgan fingerprint density at radius 3 is 2.43 bits per heavy atom. The molecule has 2 aromatic carbocycles. The predicted octanol–water partition coefficient (Wildman–Crippen LogP) is 5.98. The molecule has 3 aromatic heterocycles. The van der Waals surface area contributed by atoms with Crippen molar-refractivity contribution in [1.82, 2.24) is 10.2 Å². The number of hydrogen-bond acceptors (Lipinski definition) is 6. The summed E-state index contributed by atoms with van der Waals surface area (Å²) in [6, 6.07) is 25.2. The van der Waals surface area contributed by atoms with E-state index in [0.717, 1.165) is 10.4 Å². The van der Waals surface area contributed by atoms with Crippen LogP contribution < -0.4 is 5.32 Å². The van der Waals surface area contributed by atoms with Gasteiger partial charge in [0.1, 0.15) is 0 Å². The fraction of sp³-hybridized carbons (Fsp3) is 0. The highest BCUT2D eigenvalue weighted by atomic mass is 32.1. The standard InChI is InChI=1S/C23H15N3O3S/c27-21(24-23-26-25-22(29-23)18-10-5-13-28-18)17-9-4-8-16(14-17)20-12-11-19(30-20)15-6-2-1-3-7-15/h1-14H,(H,24,26,27). The van der Waals surface area contributed by atoms with Crippen LogP contribution in [0.1, 0.15) is 10.4 Å². The first-order valence-corrected chi connectivity index (χ1v) is 10.0. The third kappa shape index (κ3) is 3.66. The molecule has 0 spiro atoms. The minimum absolute atomic E-state index is 0.0132. The van der Waals surface area contributed by atoms with Gasteiger partial charge >= 0.3 is 6.01 Å². The van der Waals surface area contributed by atoms with E-state index in [2.05, 4.69) is 39.8 Å². The molecule has 0 fully saturated rings. The summed E-state index contributed by atoms with van der Waals surface area (Å²) in [4.78, 5) is 14.9. The van der Waals surface area contributed by atoms with E-state index in [1.54, 1.807) is 29.5 Å². The van der Waals surface area contributed by atoms with Crippen LogP contribution in [0.4, 0.5) is 6.01 Å². The molecule has 1 amide bonds. The molecule has 146 valence electrons. The lowest BCUT2D eigenvalue weighted by Crippen LogP contribution is -2.12. The minimum atomic E-state index is -0.327. The van der Waals surface area contributed by atoms with E-state index in [-0.39, 0.29) is 17.8 Å². The van der Waals surface area contributed by atoms with Crippen molar-refractivity contribution in [2.45, 2.75) is 0 Å². The van der Waals surface area contributed by atoms with Gasteiger partial charge in [0.05, 0.1) is 6.26 Å². The molecule has 5 rings (SSSR count). The van der Waals surface area contributed by atoms with E-state index in [4.69, 9.17) is 8.83 Å². The summed E-state index contributed by atoms with van der Waals surface area (Å²) in [6.07, 6.45) is 1.51. The van der Waals surface area contributed by atoms with Crippen LogP contribution >= 0.6 is 11.3 Å². The molecule has 0 bridgehead atoms. The first-order chi connectivity index (χ1) is 14.8. The summed E-state index contributed by atoms with van der Waals surface area (Å²) < 4.78 is 10.7. The van der Waals surface area contributed by atoms with Crippen molar-refractivity contribution < 1.29 is 13.6 Å². The molecular weight excluding hydrogens is 398 g/mol. The molecule has 5 aromatic rings. The highest BCUT2D eigenvalue weighted by Crippen LogP contribution is 2.34. The van der Waals surface area contributed by atoms with Crippen LogP contribution in [0.25, 0.3) is 32.5 Å². The first kappa shape index (κ1) is 18.1. The summed E-state index contributed by atoms with van der Waals surface area (Å²) in [5, 5.41) is 10.4. The number of amides is 1. The summed E-state index contributed by atoms with van der Waals surface area (Å²) in [5.41, 5.74) is 2.64. The van der Waals surface area contributed by atoms with Crippen LogP contribution in [0.5, 0.6) is 0 Å². The topological polar surface area (TPSA) is 81.2 Å². The highest BCUT2D eigenvalue weighted by Gasteiger charge is 2.15. The molecule has 0 atom stereocenters. The Labute approximate surface area is 175 Å². The monoisotopic (exact) mass is 413 g/mol. The maximum atomic E-state index is 12.7. The van der Waals surface area contributed by atoms with Gasteiger partial charge in [0.2, 0.25) is 0 Å².